The number of aromatic nitrogens is 1. The Morgan fingerprint density at radius 1 is 1.33 bits per heavy atom. The molecule has 1 amide bonds. The van der Waals surface area contributed by atoms with E-state index in [4.69, 9.17) is 0 Å². The molecule has 0 fully saturated rings. The molecule has 1 aromatic carbocycles. The van der Waals surface area contributed by atoms with Crippen molar-refractivity contribution in [3.05, 3.63) is 59.7 Å². The zero-order chi connectivity index (χ0) is 13.0. The molecule has 0 aliphatic carbocycles. The Labute approximate surface area is 104 Å². The van der Waals surface area contributed by atoms with Gasteiger partial charge in [0, 0.05) is 18.8 Å². The van der Waals surface area contributed by atoms with Crippen molar-refractivity contribution < 1.29 is 9.18 Å². The molecule has 0 aliphatic heterocycles. The van der Waals surface area contributed by atoms with Crippen molar-refractivity contribution in [2.45, 2.75) is 0 Å². The molecule has 0 saturated carbocycles. The SMILES string of the molecule is Cn1cccc1/C=N/NC(=O)c1ccc(F)cc1. The Morgan fingerprint density at radius 2 is 2.06 bits per heavy atom. The van der Waals surface area contributed by atoms with Gasteiger partial charge in [0.15, 0.2) is 0 Å². The minimum Gasteiger partial charge on any atom is -0.350 e. The number of benzene rings is 1. The predicted molar refractivity (Wildman–Crippen MR) is 66.9 cm³/mol. The van der Waals surface area contributed by atoms with E-state index in [0.717, 1.165) is 5.69 Å². The minimum absolute atomic E-state index is 0.362. The van der Waals surface area contributed by atoms with Gasteiger partial charge in [-0.2, -0.15) is 5.10 Å². The van der Waals surface area contributed by atoms with E-state index in [2.05, 4.69) is 10.5 Å². The highest BCUT2D eigenvalue weighted by Gasteiger charge is 2.03. The van der Waals surface area contributed by atoms with Crippen LogP contribution in [0.15, 0.2) is 47.7 Å². The number of nitrogens with zero attached hydrogens (tertiary/aromatic N) is 2. The Kier molecular flexibility index (Phi) is 3.52. The zero-order valence-electron chi connectivity index (χ0n) is 9.80. The minimum atomic E-state index is -0.376. The highest BCUT2D eigenvalue weighted by atomic mass is 19.1. The number of hydrogen-bond acceptors (Lipinski definition) is 2. The molecule has 0 bridgehead atoms. The van der Waals surface area contributed by atoms with Crippen LogP contribution in [0.2, 0.25) is 0 Å². The quantitative estimate of drug-likeness (QED) is 0.651. The fraction of sp³-hybridized carbons (Fsp3) is 0.0769. The summed E-state index contributed by atoms with van der Waals surface area (Å²) in [4.78, 5) is 11.6. The van der Waals surface area contributed by atoms with Gasteiger partial charge in [-0.05, 0) is 36.4 Å². The number of carbonyl (C=O) groups excluding carboxylic acids is 1. The molecule has 0 saturated heterocycles. The second kappa shape index (κ2) is 5.27. The van der Waals surface area contributed by atoms with Crippen LogP contribution < -0.4 is 5.43 Å². The Hall–Kier alpha value is -2.43. The average Bonchev–Trinajstić information content (AvgIpc) is 2.76. The number of nitrogens with one attached hydrogen (secondary N) is 1. The lowest BCUT2D eigenvalue weighted by molar-refractivity contribution is 0.0955. The van der Waals surface area contributed by atoms with Crippen molar-refractivity contribution in [3.8, 4) is 0 Å². The lowest BCUT2D eigenvalue weighted by Crippen LogP contribution is -2.17. The Balaban J connectivity index is 1.98. The van der Waals surface area contributed by atoms with Crippen molar-refractivity contribution in [2.24, 2.45) is 12.1 Å². The van der Waals surface area contributed by atoms with E-state index in [-0.39, 0.29) is 11.7 Å². The number of aryl methyl sites for hydroxylation is 1. The summed E-state index contributed by atoms with van der Waals surface area (Å²) in [6, 6.07) is 9.02. The van der Waals surface area contributed by atoms with Crippen LogP contribution in [0.4, 0.5) is 4.39 Å². The number of rotatable bonds is 3. The molecule has 1 N–H and O–H groups in total. The summed E-state index contributed by atoms with van der Waals surface area (Å²) in [5.74, 6) is -0.751. The third-order valence-corrected chi connectivity index (χ3v) is 2.45. The summed E-state index contributed by atoms with van der Waals surface area (Å²) in [6.07, 6.45) is 3.42. The largest absolute Gasteiger partial charge is 0.350 e. The fourth-order valence-corrected chi connectivity index (χ4v) is 1.43. The standard InChI is InChI=1S/C13H12FN3O/c1-17-8-2-3-12(17)9-15-16-13(18)10-4-6-11(14)7-5-10/h2-9H,1H3,(H,16,18)/b15-9+. The average molecular weight is 245 g/mol. The maximum atomic E-state index is 12.7. The summed E-state index contributed by atoms with van der Waals surface area (Å²) >= 11 is 0. The molecule has 1 heterocycles. The van der Waals surface area contributed by atoms with Gasteiger partial charge in [-0.1, -0.05) is 0 Å². The third kappa shape index (κ3) is 2.82. The number of hydrazone groups is 1. The summed E-state index contributed by atoms with van der Waals surface area (Å²) in [6.45, 7) is 0. The molecule has 0 spiro atoms. The molecule has 0 aliphatic rings. The third-order valence-electron chi connectivity index (χ3n) is 2.45. The second-order valence-electron chi connectivity index (χ2n) is 3.75. The molecular formula is C13H12FN3O. The molecule has 0 atom stereocenters. The van der Waals surface area contributed by atoms with Gasteiger partial charge in [-0.25, -0.2) is 9.82 Å². The fourth-order valence-electron chi connectivity index (χ4n) is 1.43. The zero-order valence-corrected chi connectivity index (χ0v) is 9.80. The summed E-state index contributed by atoms with van der Waals surface area (Å²) < 4.78 is 14.5. The van der Waals surface area contributed by atoms with Gasteiger partial charge in [-0.3, -0.25) is 4.79 Å². The van der Waals surface area contributed by atoms with Crippen LogP contribution >= 0.6 is 0 Å². The van der Waals surface area contributed by atoms with Crippen LogP contribution in [0.25, 0.3) is 0 Å². The van der Waals surface area contributed by atoms with Gasteiger partial charge < -0.3 is 4.57 Å². The van der Waals surface area contributed by atoms with Crippen LogP contribution in [0, 0.1) is 5.82 Å². The molecule has 0 unspecified atom stereocenters. The van der Waals surface area contributed by atoms with Crippen molar-refractivity contribution in [3.63, 3.8) is 0 Å². The molecule has 0 radical (unpaired) electrons. The van der Waals surface area contributed by atoms with Gasteiger partial charge in [0.1, 0.15) is 5.82 Å². The molecular weight excluding hydrogens is 233 g/mol. The van der Waals surface area contributed by atoms with Crippen LogP contribution in [-0.4, -0.2) is 16.7 Å². The lowest BCUT2D eigenvalue weighted by Gasteiger charge is -1.99. The van der Waals surface area contributed by atoms with Gasteiger partial charge in [-0.15, -0.1) is 0 Å². The molecule has 2 rings (SSSR count). The maximum Gasteiger partial charge on any atom is 0.271 e. The summed E-state index contributed by atoms with van der Waals surface area (Å²) in [5, 5.41) is 3.83. The molecule has 4 nitrogen and oxygen atoms in total. The van der Waals surface area contributed by atoms with E-state index in [1.807, 2.05) is 29.9 Å². The van der Waals surface area contributed by atoms with Crippen molar-refractivity contribution in [2.75, 3.05) is 0 Å². The topological polar surface area (TPSA) is 46.4 Å². The molecule has 1 aromatic heterocycles. The number of halogens is 1. The monoisotopic (exact) mass is 245 g/mol. The summed E-state index contributed by atoms with van der Waals surface area (Å²) in [5.41, 5.74) is 3.61. The summed E-state index contributed by atoms with van der Waals surface area (Å²) in [7, 11) is 1.88. The molecule has 92 valence electrons. The van der Waals surface area contributed by atoms with Gasteiger partial charge >= 0.3 is 0 Å². The van der Waals surface area contributed by atoms with Crippen molar-refractivity contribution >= 4 is 12.1 Å². The normalized spacial score (nSPS) is 10.8. The number of hydrogen-bond donors (Lipinski definition) is 1. The first-order valence-corrected chi connectivity index (χ1v) is 5.37. The van der Waals surface area contributed by atoms with E-state index < -0.39 is 0 Å². The van der Waals surface area contributed by atoms with E-state index in [9.17, 15) is 9.18 Å². The van der Waals surface area contributed by atoms with E-state index in [0.29, 0.717) is 5.56 Å². The highest BCUT2D eigenvalue weighted by molar-refractivity contribution is 5.94. The first-order chi connectivity index (χ1) is 8.66. The first kappa shape index (κ1) is 12.0. The maximum absolute atomic E-state index is 12.7. The van der Waals surface area contributed by atoms with E-state index in [1.165, 1.54) is 24.3 Å². The number of carbonyl (C=O) groups is 1. The van der Waals surface area contributed by atoms with Crippen molar-refractivity contribution in [1.82, 2.24) is 9.99 Å². The van der Waals surface area contributed by atoms with Gasteiger partial charge in [0.2, 0.25) is 0 Å². The van der Waals surface area contributed by atoms with Crippen LogP contribution in [0.5, 0.6) is 0 Å². The van der Waals surface area contributed by atoms with Crippen LogP contribution in [0.3, 0.4) is 0 Å². The van der Waals surface area contributed by atoms with Crippen LogP contribution in [0.1, 0.15) is 16.1 Å². The smallest absolute Gasteiger partial charge is 0.271 e. The number of amides is 1. The predicted octanol–water partition coefficient (Wildman–Crippen LogP) is 1.93. The lowest BCUT2D eigenvalue weighted by atomic mass is 10.2. The second-order valence-corrected chi connectivity index (χ2v) is 3.75. The van der Waals surface area contributed by atoms with Gasteiger partial charge in [0.25, 0.3) is 5.91 Å². The molecule has 5 heteroatoms. The molecule has 18 heavy (non-hydrogen) atoms. The van der Waals surface area contributed by atoms with E-state index >= 15 is 0 Å². The Bertz CT molecular complexity index is 572. The first-order valence-electron chi connectivity index (χ1n) is 5.37. The highest BCUT2D eigenvalue weighted by Crippen LogP contribution is 2.02. The Morgan fingerprint density at radius 3 is 2.67 bits per heavy atom. The van der Waals surface area contributed by atoms with E-state index in [1.54, 1.807) is 6.21 Å². The van der Waals surface area contributed by atoms with Crippen LogP contribution in [-0.2, 0) is 7.05 Å². The van der Waals surface area contributed by atoms with Crippen molar-refractivity contribution in [1.29, 1.82) is 0 Å². The van der Waals surface area contributed by atoms with Gasteiger partial charge in [0.05, 0.1) is 11.9 Å². The molecule has 2 aromatic rings.